The van der Waals surface area contributed by atoms with Gasteiger partial charge in [0.05, 0.1) is 29.7 Å². The topological polar surface area (TPSA) is 63.7 Å². The van der Waals surface area contributed by atoms with Gasteiger partial charge in [-0.3, -0.25) is 9.10 Å². The van der Waals surface area contributed by atoms with Crippen molar-refractivity contribution >= 4 is 48.4 Å². The predicted molar refractivity (Wildman–Crippen MR) is 121 cm³/mol. The molecule has 0 spiro atoms. The molecule has 0 N–H and O–H groups in total. The number of halogens is 1. The highest BCUT2D eigenvalue weighted by atomic mass is 79.9. The number of nitrogens with zero attached hydrogens (tertiary/aromatic N) is 1. The van der Waals surface area contributed by atoms with Crippen LogP contribution in [0, 0.1) is 0 Å². The van der Waals surface area contributed by atoms with Gasteiger partial charge in [-0.25, -0.2) is 8.42 Å². The monoisotopic (exact) mass is 487 g/mol. The molecule has 0 saturated carbocycles. The first-order valence-electron chi connectivity index (χ1n) is 9.91. The summed E-state index contributed by atoms with van der Waals surface area (Å²) in [5, 5.41) is 1.76. The molecule has 156 valence electrons. The standard InChI is InChI=1S/C23H22BrNO4S/c1-2-3-14-29-22(26)15-21-18-11-7-10-17-19(24)12-13-20(23(17)18)25(21)30(27,28)16-8-5-4-6-9-16/h4-13,21H,2-3,14-15H2,1H3/t21-/m1/s1. The van der Waals surface area contributed by atoms with E-state index < -0.39 is 22.0 Å². The normalized spacial score (nSPS) is 15.5. The molecule has 5 nitrogen and oxygen atoms in total. The van der Waals surface area contributed by atoms with Gasteiger partial charge < -0.3 is 4.74 Å². The van der Waals surface area contributed by atoms with Crippen molar-refractivity contribution in [1.82, 2.24) is 0 Å². The van der Waals surface area contributed by atoms with Crippen molar-refractivity contribution in [1.29, 1.82) is 0 Å². The molecule has 0 saturated heterocycles. The Morgan fingerprint density at radius 3 is 2.57 bits per heavy atom. The van der Waals surface area contributed by atoms with Crippen molar-refractivity contribution in [2.75, 3.05) is 10.9 Å². The second kappa shape index (κ2) is 8.40. The molecule has 1 aliphatic heterocycles. The maximum atomic E-state index is 13.6. The van der Waals surface area contributed by atoms with Crippen LogP contribution in [0.1, 0.15) is 37.8 Å². The fourth-order valence-corrected chi connectivity index (χ4v) is 6.00. The third kappa shape index (κ3) is 3.61. The van der Waals surface area contributed by atoms with E-state index in [1.54, 1.807) is 36.4 Å². The maximum Gasteiger partial charge on any atom is 0.308 e. The van der Waals surface area contributed by atoms with Crippen molar-refractivity contribution in [3.8, 4) is 0 Å². The van der Waals surface area contributed by atoms with Gasteiger partial charge in [0.15, 0.2) is 0 Å². The summed E-state index contributed by atoms with van der Waals surface area (Å²) < 4.78 is 34.9. The summed E-state index contributed by atoms with van der Waals surface area (Å²) in [7, 11) is -3.88. The minimum atomic E-state index is -3.88. The Morgan fingerprint density at radius 1 is 1.07 bits per heavy atom. The van der Waals surface area contributed by atoms with Crippen LogP contribution in [0.4, 0.5) is 5.69 Å². The Hall–Kier alpha value is -2.38. The van der Waals surface area contributed by atoms with Gasteiger partial charge in [-0.15, -0.1) is 0 Å². The molecule has 1 atom stereocenters. The van der Waals surface area contributed by atoms with Crippen LogP contribution in [0.5, 0.6) is 0 Å². The number of rotatable bonds is 7. The third-order valence-corrected chi connectivity index (χ3v) is 7.83. The van der Waals surface area contributed by atoms with E-state index in [1.165, 1.54) is 4.31 Å². The molecule has 0 radical (unpaired) electrons. The summed E-state index contributed by atoms with van der Waals surface area (Å²) in [4.78, 5) is 12.8. The Bertz CT molecular complexity index is 1190. The quantitative estimate of drug-likeness (QED) is 0.322. The number of hydrogen-bond acceptors (Lipinski definition) is 4. The first-order chi connectivity index (χ1) is 14.4. The number of carbonyl (C=O) groups is 1. The van der Waals surface area contributed by atoms with E-state index in [4.69, 9.17) is 4.74 Å². The largest absolute Gasteiger partial charge is 0.466 e. The second-order valence-electron chi connectivity index (χ2n) is 7.24. The summed E-state index contributed by atoms with van der Waals surface area (Å²) in [6, 6.07) is 17.0. The Balaban J connectivity index is 1.83. The number of benzene rings is 3. The summed E-state index contributed by atoms with van der Waals surface area (Å²) in [5.41, 5.74) is 1.40. The second-order valence-corrected chi connectivity index (χ2v) is 9.91. The minimum absolute atomic E-state index is 0.0405. The molecule has 0 unspecified atom stereocenters. The van der Waals surface area contributed by atoms with E-state index in [0.29, 0.717) is 12.3 Å². The highest BCUT2D eigenvalue weighted by Gasteiger charge is 2.41. The predicted octanol–water partition coefficient (Wildman–Crippen LogP) is 5.59. The molecule has 3 aromatic rings. The van der Waals surface area contributed by atoms with Gasteiger partial charge >= 0.3 is 5.97 Å². The van der Waals surface area contributed by atoms with Gasteiger partial charge in [-0.05, 0) is 41.6 Å². The molecule has 0 aromatic heterocycles. The van der Waals surface area contributed by atoms with Crippen LogP contribution in [0.3, 0.4) is 0 Å². The number of anilines is 1. The smallest absolute Gasteiger partial charge is 0.308 e. The zero-order chi connectivity index (χ0) is 21.3. The molecule has 0 aliphatic carbocycles. The zero-order valence-corrected chi connectivity index (χ0v) is 18.9. The molecular weight excluding hydrogens is 466 g/mol. The summed E-state index contributed by atoms with van der Waals surface area (Å²) in [6.45, 7) is 2.37. The van der Waals surface area contributed by atoms with Crippen molar-refractivity contribution in [2.24, 2.45) is 0 Å². The number of esters is 1. The van der Waals surface area contributed by atoms with Gasteiger partial charge in [0, 0.05) is 9.86 Å². The zero-order valence-electron chi connectivity index (χ0n) is 16.5. The Labute approximate surface area is 184 Å². The lowest BCUT2D eigenvalue weighted by atomic mass is 10.0. The van der Waals surface area contributed by atoms with E-state index in [1.807, 2.05) is 31.2 Å². The lowest BCUT2D eigenvalue weighted by molar-refractivity contribution is -0.144. The van der Waals surface area contributed by atoms with Crippen LogP contribution < -0.4 is 4.31 Å². The molecular formula is C23H22BrNO4S. The van der Waals surface area contributed by atoms with E-state index in [9.17, 15) is 13.2 Å². The van der Waals surface area contributed by atoms with Crippen LogP contribution in [0.15, 0.2) is 70.0 Å². The summed E-state index contributed by atoms with van der Waals surface area (Å²) in [5.74, 6) is -0.398. The SMILES string of the molecule is CCCCOC(=O)C[C@@H]1c2cccc3c(Br)ccc(c23)N1S(=O)(=O)c1ccccc1. The van der Waals surface area contributed by atoms with Crippen molar-refractivity contribution in [2.45, 2.75) is 37.1 Å². The van der Waals surface area contributed by atoms with Crippen molar-refractivity contribution in [3.63, 3.8) is 0 Å². The number of unbranched alkanes of at least 4 members (excludes halogenated alkanes) is 1. The van der Waals surface area contributed by atoms with Gasteiger partial charge in [0.25, 0.3) is 10.0 Å². The third-order valence-electron chi connectivity index (χ3n) is 5.30. The lowest BCUT2D eigenvalue weighted by Gasteiger charge is -2.27. The fourth-order valence-electron chi connectivity index (χ4n) is 3.88. The van der Waals surface area contributed by atoms with Crippen LogP contribution in [-0.2, 0) is 19.6 Å². The van der Waals surface area contributed by atoms with Crippen LogP contribution in [-0.4, -0.2) is 21.0 Å². The number of ether oxygens (including phenoxy) is 1. The fraction of sp³-hybridized carbons (Fsp3) is 0.261. The number of carbonyl (C=O) groups excluding carboxylic acids is 1. The highest BCUT2D eigenvalue weighted by Crippen LogP contribution is 2.49. The van der Waals surface area contributed by atoms with Gasteiger partial charge in [-0.2, -0.15) is 0 Å². The number of sulfonamides is 1. The molecule has 0 fully saturated rings. The molecule has 3 aromatic carbocycles. The molecule has 4 rings (SSSR count). The van der Waals surface area contributed by atoms with Gasteiger partial charge in [-0.1, -0.05) is 65.7 Å². The first kappa shape index (κ1) is 20.9. The Kier molecular flexibility index (Phi) is 5.84. The Morgan fingerprint density at radius 2 is 1.83 bits per heavy atom. The molecule has 30 heavy (non-hydrogen) atoms. The molecule has 1 heterocycles. The van der Waals surface area contributed by atoms with Crippen LogP contribution in [0.2, 0.25) is 0 Å². The summed E-state index contributed by atoms with van der Waals surface area (Å²) in [6.07, 6.45) is 1.66. The van der Waals surface area contributed by atoms with Gasteiger partial charge in [0.2, 0.25) is 0 Å². The van der Waals surface area contributed by atoms with Crippen LogP contribution >= 0.6 is 15.9 Å². The number of hydrogen-bond donors (Lipinski definition) is 0. The minimum Gasteiger partial charge on any atom is -0.466 e. The average Bonchev–Trinajstić information content (AvgIpc) is 3.07. The van der Waals surface area contributed by atoms with Crippen LogP contribution in [0.25, 0.3) is 10.8 Å². The average molecular weight is 488 g/mol. The molecule has 0 amide bonds. The molecule has 0 bridgehead atoms. The van der Waals surface area contributed by atoms with E-state index in [2.05, 4.69) is 15.9 Å². The maximum absolute atomic E-state index is 13.6. The highest BCUT2D eigenvalue weighted by molar-refractivity contribution is 9.10. The van der Waals surface area contributed by atoms with Gasteiger partial charge in [0.1, 0.15) is 0 Å². The summed E-state index contributed by atoms with van der Waals surface area (Å²) >= 11 is 3.56. The van der Waals surface area contributed by atoms with E-state index >= 15 is 0 Å². The van der Waals surface area contributed by atoms with E-state index in [0.717, 1.165) is 33.7 Å². The first-order valence-corrected chi connectivity index (χ1v) is 12.1. The molecule has 7 heteroatoms. The van der Waals surface area contributed by atoms with E-state index in [-0.39, 0.29) is 11.3 Å². The van der Waals surface area contributed by atoms with Crippen molar-refractivity contribution < 1.29 is 17.9 Å². The lowest BCUT2D eigenvalue weighted by Crippen LogP contribution is -2.33. The molecule has 1 aliphatic rings. The van der Waals surface area contributed by atoms with Crippen molar-refractivity contribution in [3.05, 3.63) is 70.7 Å².